The van der Waals surface area contributed by atoms with E-state index in [1.165, 1.54) is 18.2 Å². The molecule has 1 rings (SSSR count). The molecule has 0 radical (unpaired) electrons. The zero-order chi connectivity index (χ0) is 10.1. The molecule has 0 spiro atoms. The molecular weight excluding hydrogens is 194 g/mol. The Morgan fingerprint density at radius 1 is 1.38 bits per heavy atom. The van der Waals surface area contributed by atoms with Crippen LogP contribution in [0.5, 0.6) is 5.75 Å². The maximum atomic E-state index is 10.6. The highest BCUT2D eigenvalue weighted by Crippen LogP contribution is 2.23. The second-order valence-electron chi connectivity index (χ2n) is 2.42. The van der Waals surface area contributed by atoms with Gasteiger partial charge in [-0.05, 0) is 12.1 Å². The first-order valence-electron chi connectivity index (χ1n) is 3.27. The van der Waals surface area contributed by atoms with Crippen molar-refractivity contribution < 1.29 is 13.5 Å². The van der Waals surface area contributed by atoms with E-state index in [9.17, 15) is 8.42 Å². The standard InChI is InChI=1S/C6H9N3O3S/c7-5-2-1-4(3-6(5)10)9-13(8,11)12/h1-3,9-10H,7H2,(H2,8,11,12). The van der Waals surface area contributed by atoms with Crippen molar-refractivity contribution in [1.82, 2.24) is 0 Å². The Hall–Kier alpha value is -1.47. The molecule has 6 N–H and O–H groups in total. The summed E-state index contributed by atoms with van der Waals surface area (Å²) in [7, 11) is -3.81. The summed E-state index contributed by atoms with van der Waals surface area (Å²) >= 11 is 0. The van der Waals surface area contributed by atoms with E-state index in [-0.39, 0.29) is 17.1 Å². The summed E-state index contributed by atoms with van der Waals surface area (Å²) in [6, 6.07) is 3.92. The summed E-state index contributed by atoms with van der Waals surface area (Å²) in [5, 5.41) is 13.8. The number of aromatic hydroxyl groups is 1. The van der Waals surface area contributed by atoms with Crippen molar-refractivity contribution in [3.05, 3.63) is 18.2 Å². The lowest BCUT2D eigenvalue weighted by atomic mass is 10.3. The van der Waals surface area contributed by atoms with E-state index in [0.717, 1.165) is 0 Å². The minimum Gasteiger partial charge on any atom is -0.506 e. The van der Waals surface area contributed by atoms with Gasteiger partial charge >= 0.3 is 0 Å². The molecule has 13 heavy (non-hydrogen) atoms. The van der Waals surface area contributed by atoms with Gasteiger partial charge in [-0.25, -0.2) is 5.14 Å². The van der Waals surface area contributed by atoms with Gasteiger partial charge in [-0.2, -0.15) is 8.42 Å². The smallest absolute Gasteiger partial charge is 0.296 e. The first-order chi connectivity index (χ1) is 5.88. The molecule has 0 heterocycles. The molecule has 1 aromatic rings. The molecule has 0 unspecified atom stereocenters. The zero-order valence-corrected chi connectivity index (χ0v) is 7.38. The van der Waals surface area contributed by atoms with E-state index < -0.39 is 10.2 Å². The molecular formula is C6H9N3O3S. The Morgan fingerprint density at radius 2 is 2.00 bits per heavy atom. The second-order valence-corrected chi connectivity index (χ2v) is 3.71. The third-order valence-corrected chi connectivity index (χ3v) is 1.81. The highest BCUT2D eigenvalue weighted by atomic mass is 32.2. The molecule has 7 heteroatoms. The number of phenolic OH excluding ortho intramolecular Hbond substituents is 1. The molecule has 0 aliphatic rings. The molecule has 0 atom stereocenters. The molecule has 0 fully saturated rings. The van der Waals surface area contributed by atoms with E-state index >= 15 is 0 Å². The van der Waals surface area contributed by atoms with E-state index in [1.54, 1.807) is 0 Å². The lowest BCUT2D eigenvalue weighted by Crippen LogP contribution is -2.21. The summed E-state index contributed by atoms with van der Waals surface area (Å²) in [4.78, 5) is 0. The molecule has 1 aromatic carbocycles. The van der Waals surface area contributed by atoms with E-state index in [2.05, 4.69) is 0 Å². The molecule has 0 aliphatic carbocycles. The van der Waals surface area contributed by atoms with E-state index in [0.29, 0.717) is 0 Å². The number of anilines is 2. The van der Waals surface area contributed by atoms with Crippen LogP contribution in [0.4, 0.5) is 11.4 Å². The minimum absolute atomic E-state index is 0.161. The largest absolute Gasteiger partial charge is 0.506 e. The number of hydrogen-bond acceptors (Lipinski definition) is 4. The molecule has 0 saturated heterocycles. The van der Waals surface area contributed by atoms with Gasteiger partial charge in [0.05, 0.1) is 11.4 Å². The summed E-state index contributed by atoms with van der Waals surface area (Å²) in [5.41, 5.74) is 5.62. The molecule has 6 nitrogen and oxygen atoms in total. The maximum Gasteiger partial charge on any atom is 0.296 e. The summed E-state index contributed by atoms with van der Waals surface area (Å²) in [6.45, 7) is 0. The first-order valence-corrected chi connectivity index (χ1v) is 4.82. The average Bonchev–Trinajstić information content (AvgIpc) is 1.94. The van der Waals surface area contributed by atoms with Gasteiger partial charge in [0.15, 0.2) is 0 Å². The number of phenols is 1. The molecule has 0 aromatic heterocycles. The average molecular weight is 203 g/mol. The van der Waals surface area contributed by atoms with Crippen LogP contribution >= 0.6 is 0 Å². The SMILES string of the molecule is Nc1ccc(NS(N)(=O)=O)cc1O. The fraction of sp³-hybridized carbons (Fsp3) is 0. The first kappa shape index (κ1) is 9.62. The number of rotatable bonds is 2. The topological polar surface area (TPSA) is 118 Å². The number of nitrogens with one attached hydrogen (secondary N) is 1. The van der Waals surface area contributed by atoms with Crippen molar-refractivity contribution in [3.8, 4) is 5.75 Å². The third kappa shape index (κ3) is 2.80. The van der Waals surface area contributed by atoms with Crippen LogP contribution < -0.4 is 15.6 Å². The second kappa shape index (κ2) is 3.11. The Morgan fingerprint density at radius 3 is 2.46 bits per heavy atom. The van der Waals surface area contributed by atoms with Crippen LogP contribution in [-0.4, -0.2) is 13.5 Å². The third-order valence-electron chi connectivity index (χ3n) is 1.29. The number of nitrogen functional groups attached to an aromatic ring is 1. The van der Waals surface area contributed by atoms with Crippen LogP contribution in [0, 0.1) is 0 Å². The maximum absolute atomic E-state index is 10.6. The van der Waals surface area contributed by atoms with Crippen molar-refractivity contribution >= 4 is 21.6 Å². The van der Waals surface area contributed by atoms with Crippen LogP contribution in [0.25, 0.3) is 0 Å². The van der Waals surface area contributed by atoms with Crippen LogP contribution in [-0.2, 0) is 10.2 Å². The quantitative estimate of drug-likeness (QED) is 0.386. The fourth-order valence-corrected chi connectivity index (χ4v) is 1.23. The predicted molar refractivity (Wildman–Crippen MR) is 49.2 cm³/mol. The van der Waals surface area contributed by atoms with Gasteiger partial charge in [0.2, 0.25) is 0 Å². The lowest BCUT2D eigenvalue weighted by molar-refractivity contribution is 0.478. The van der Waals surface area contributed by atoms with Crippen molar-refractivity contribution in [2.75, 3.05) is 10.5 Å². The Kier molecular flexibility index (Phi) is 2.30. The normalized spacial score (nSPS) is 11.2. The van der Waals surface area contributed by atoms with Gasteiger partial charge in [-0.3, -0.25) is 4.72 Å². The van der Waals surface area contributed by atoms with Crippen molar-refractivity contribution in [2.24, 2.45) is 5.14 Å². The minimum atomic E-state index is -3.81. The summed E-state index contributed by atoms with van der Waals surface area (Å²) in [5.74, 6) is -0.200. The van der Waals surface area contributed by atoms with E-state index in [4.69, 9.17) is 16.0 Å². The number of hydrogen-bond donors (Lipinski definition) is 4. The molecule has 0 aliphatic heterocycles. The Bertz CT molecular complexity index is 415. The molecule has 0 bridgehead atoms. The highest BCUT2D eigenvalue weighted by molar-refractivity contribution is 7.90. The highest BCUT2D eigenvalue weighted by Gasteiger charge is 2.03. The Labute approximate surface area is 75.4 Å². The molecule has 72 valence electrons. The van der Waals surface area contributed by atoms with Gasteiger partial charge in [0.25, 0.3) is 10.2 Å². The van der Waals surface area contributed by atoms with Gasteiger partial charge in [-0.1, -0.05) is 0 Å². The molecule has 0 saturated carbocycles. The molecule has 0 amide bonds. The number of nitrogens with two attached hydrogens (primary N) is 2. The number of benzene rings is 1. The van der Waals surface area contributed by atoms with Crippen LogP contribution in [0.1, 0.15) is 0 Å². The fourth-order valence-electron chi connectivity index (χ4n) is 0.771. The van der Waals surface area contributed by atoms with Crippen LogP contribution in [0.2, 0.25) is 0 Å². The van der Waals surface area contributed by atoms with Gasteiger partial charge in [0, 0.05) is 6.07 Å². The van der Waals surface area contributed by atoms with E-state index in [1.807, 2.05) is 4.72 Å². The monoisotopic (exact) mass is 203 g/mol. The van der Waals surface area contributed by atoms with Crippen molar-refractivity contribution in [2.45, 2.75) is 0 Å². The van der Waals surface area contributed by atoms with Gasteiger partial charge in [-0.15, -0.1) is 0 Å². The summed E-state index contributed by atoms with van der Waals surface area (Å²) < 4.78 is 23.1. The summed E-state index contributed by atoms with van der Waals surface area (Å²) in [6.07, 6.45) is 0. The lowest BCUT2D eigenvalue weighted by Gasteiger charge is -2.04. The van der Waals surface area contributed by atoms with Gasteiger partial charge in [0.1, 0.15) is 5.75 Å². The van der Waals surface area contributed by atoms with Gasteiger partial charge < -0.3 is 10.8 Å². The zero-order valence-electron chi connectivity index (χ0n) is 6.56. The van der Waals surface area contributed by atoms with Crippen molar-refractivity contribution in [3.63, 3.8) is 0 Å². The van der Waals surface area contributed by atoms with Crippen molar-refractivity contribution in [1.29, 1.82) is 0 Å². The Balaban J connectivity index is 2.99. The van der Waals surface area contributed by atoms with Crippen LogP contribution in [0.3, 0.4) is 0 Å². The van der Waals surface area contributed by atoms with Crippen LogP contribution in [0.15, 0.2) is 18.2 Å². The predicted octanol–water partition coefficient (Wildman–Crippen LogP) is -0.410.